The van der Waals surface area contributed by atoms with E-state index in [4.69, 9.17) is 4.74 Å². The van der Waals surface area contributed by atoms with Crippen molar-refractivity contribution in [1.29, 1.82) is 0 Å². The van der Waals surface area contributed by atoms with Crippen LogP contribution in [0.3, 0.4) is 0 Å². The summed E-state index contributed by atoms with van der Waals surface area (Å²) in [7, 11) is 1.92. The zero-order chi connectivity index (χ0) is 22.8. The number of carbonyl (C=O) groups is 2. The minimum atomic E-state index is -0.154. The molecule has 1 spiro atoms. The quantitative estimate of drug-likeness (QED) is 0.652. The third-order valence-corrected chi connectivity index (χ3v) is 7.24. The third kappa shape index (κ3) is 4.53. The van der Waals surface area contributed by atoms with Gasteiger partial charge in [-0.1, -0.05) is 48.5 Å². The Morgan fingerprint density at radius 1 is 1.03 bits per heavy atom. The predicted molar refractivity (Wildman–Crippen MR) is 128 cm³/mol. The molecule has 0 aliphatic carbocycles. The standard InChI is InChI=1S/C27H31N3O3/c1-29-23-10-6-5-9-21(23)18-24(29)26(32)28-19-22-11-12-27(33-22)13-15-30(16-14-27)25(31)17-20-7-3-2-4-8-20/h2-10,18,22H,11-17,19H2,1H3,(H,28,32)/t22-/m0/s1. The number of nitrogens with one attached hydrogen (secondary N) is 1. The Balaban J connectivity index is 1.12. The first-order chi connectivity index (χ1) is 16.0. The van der Waals surface area contributed by atoms with Gasteiger partial charge >= 0.3 is 0 Å². The number of rotatable bonds is 5. The highest BCUT2D eigenvalue weighted by Crippen LogP contribution is 2.38. The van der Waals surface area contributed by atoms with Gasteiger partial charge in [-0.15, -0.1) is 0 Å². The summed E-state index contributed by atoms with van der Waals surface area (Å²) in [6, 6.07) is 19.9. The van der Waals surface area contributed by atoms with Crippen LogP contribution >= 0.6 is 0 Å². The lowest BCUT2D eigenvalue weighted by Gasteiger charge is -2.39. The number of amides is 2. The molecular formula is C27H31N3O3. The second kappa shape index (κ2) is 9.02. The summed E-state index contributed by atoms with van der Waals surface area (Å²) >= 11 is 0. The fourth-order valence-corrected chi connectivity index (χ4v) is 5.26. The van der Waals surface area contributed by atoms with Crippen LogP contribution in [0.15, 0.2) is 60.7 Å². The van der Waals surface area contributed by atoms with E-state index in [1.807, 2.05) is 77.2 Å². The maximum absolute atomic E-state index is 12.8. The topological polar surface area (TPSA) is 63.6 Å². The van der Waals surface area contributed by atoms with Crippen LogP contribution in [0.1, 0.15) is 41.7 Å². The second-order valence-corrected chi connectivity index (χ2v) is 9.36. The molecule has 3 heterocycles. The van der Waals surface area contributed by atoms with E-state index in [9.17, 15) is 9.59 Å². The fourth-order valence-electron chi connectivity index (χ4n) is 5.26. The first-order valence-corrected chi connectivity index (χ1v) is 11.9. The van der Waals surface area contributed by atoms with Crippen molar-refractivity contribution in [3.63, 3.8) is 0 Å². The molecule has 0 unspecified atom stereocenters. The van der Waals surface area contributed by atoms with E-state index in [0.29, 0.717) is 18.7 Å². The van der Waals surface area contributed by atoms with Crippen LogP contribution in [0.25, 0.3) is 10.9 Å². The van der Waals surface area contributed by atoms with E-state index in [0.717, 1.165) is 55.2 Å². The molecule has 1 atom stereocenters. The van der Waals surface area contributed by atoms with Gasteiger partial charge in [-0.2, -0.15) is 0 Å². The van der Waals surface area contributed by atoms with Crippen LogP contribution in [0.2, 0.25) is 0 Å². The van der Waals surface area contributed by atoms with Crippen molar-refractivity contribution in [3.8, 4) is 0 Å². The lowest BCUT2D eigenvalue weighted by atomic mass is 9.88. The summed E-state index contributed by atoms with van der Waals surface area (Å²) in [6.45, 7) is 1.99. The highest BCUT2D eigenvalue weighted by atomic mass is 16.5. The first kappa shape index (κ1) is 21.7. The molecule has 5 rings (SSSR count). The van der Waals surface area contributed by atoms with Gasteiger partial charge in [0, 0.05) is 37.6 Å². The van der Waals surface area contributed by atoms with Gasteiger partial charge in [0.2, 0.25) is 5.91 Å². The van der Waals surface area contributed by atoms with Crippen LogP contribution in [-0.4, -0.2) is 52.6 Å². The van der Waals surface area contributed by atoms with E-state index in [1.165, 1.54) is 0 Å². The Kier molecular flexibility index (Phi) is 5.94. The van der Waals surface area contributed by atoms with Gasteiger partial charge < -0.3 is 19.5 Å². The van der Waals surface area contributed by atoms with Gasteiger partial charge in [-0.05, 0) is 43.4 Å². The van der Waals surface area contributed by atoms with E-state index >= 15 is 0 Å². The molecule has 172 valence electrons. The predicted octanol–water partition coefficient (Wildman–Crippen LogP) is 3.69. The maximum atomic E-state index is 12.8. The number of carbonyl (C=O) groups excluding carboxylic acids is 2. The summed E-state index contributed by atoms with van der Waals surface area (Å²) < 4.78 is 8.39. The number of hydrogen-bond acceptors (Lipinski definition) is 3. The Morgan fingerprint density at radius 2 is 1.76 bits per heavy atom. The number of ether oxygens (including phenoxy) is 1. The molecule has 0 radical (unpaired) electrons. The Morgan fingerprint density at radius 3 is 2.52 bits per heavy atom. The van der Waals surface area contributed by atoms with Crippen molar-refractivity contribution in [3.05, 3.63) is 71.9 Å². The lowest BCUT2D eigenvalue weighted by Crippen LogP contribution is -2.47. The van der Waals surface area contributed by atoms with E-state index in [1.54, 1.807) is 0 Å². The number of hydrogen-bond donors (Lipinski definition) is 1. The van der Waals surface area contributed by atoms with Crippen LogP contribution in [0.5, 0.6) is 0 Å². The van der Waals surface area contributed by atoms with E-state index < -0.39 is 0 Å². The first-order valence-electron chi connectivity index (χ1n) is 11.9. The SMILES string of the molecule is Cn1c(C(=O)NC[C@@H]2CCC3(CCN(C(=O)Cc4ccccc4)CC3)O2)cc2ccccc21. The van der Waals surface area contributed by atoms with Crippen LogP contribution in [0, 0.1) is 0 Å². The van der Waals surface area contributed by atoms with Gasteiger partial charge in [-0.3, -0.25) is 9.59 Å². The fraction of sp³-hybridized carbons (Fsp3) is 0.407. The van der Waals surface area contributed by atoms with Crippen LogP contribution in [-0.2, 0) is 23.0 Å². The van der Waals surface area contributed by atoms with Crippen molar-refractivity contribution >= 4 is 22.7 Å². The number of aryl methyl sites for hydroxylation is 1. The molecule has 2 amide bonds. The minimum absolute atomic E-state index is 0.0233. The molecular weight excluding hydrogens is 414 g/mol. The molecule has 0 saturated carbocycles. The summed E-state index contributed by atoms with van der Waals surface area (Å²) in [6.07, 6.45) is 4.13. The molecule has 1 aromatic heterocycles. The van der Waals surface area contributed by atoms with Gasteiger partial charge in [0.25, 0.3) is 5.91 Å². The average Bonchev–Trinajstić information content (AvgIpc) is 3.39. The molecule has 2 saturated heterocycles. The molecule has 33 heavy (non-hydrogen) atoms. The molecule has 2 aliphatic heterocycles. The maximum Gasteiger partial charge on any atom is 0.268 e. The summed E-state index contributed by atoms with van der Waals surface area (Å²) in [5.74, 6) is 0.118. The van der Waals surface area contributed by atoms with Gasteiger partial charge in [0.05, 0.1) is 18.1 Å². The number of likely N-dealkylation sites (tertiary alicyclic amines) is 1. The number of aromatic nitrogens is 1. The third-order valence-electron chi connectivity index (χ3n) is 7.24. The molecule has 1 N–H and O–H groups in total. The van der Waals surface area contributed by atoms with Gasteiger partial charge in [-0.25, -0.2) is 0 Å². The number of benzene rings is 2. The largest absolute Gasteiger partial charge is 0.370 e. The zero-order valence-corrected chi connectivity index (χ0v) is 19.1. The monoisotopic (exact) mass is 445 g/mol. The van der Waals surface area contributed by atoms with Crippen molar-refractivity contribution in [1.82, 2.24) is 14.8 Å². The van der Waals surface area contributed by atoms with Crippen molar-refractivity contribution in [2.24, 2.45) is 7.05 Å². The zero-order valence-electron chi connectivity index (χ0n) is 19.1. The molecule has 0 bridgehead atoms. The molecule has 2 aromatic carbocycles. The average molecular weight is 446 g/mol. The smallest absolute Gasteiger partial charge is 0.268 e. The minimum Gasteiger partial charge on any atom is -0.370 e. The van der Waals surface area contributed by atoms with E-state index in [-0.39, 0.29) is 23.5 Å². The number of fused-ring (bicyclic) bond motifs is 1. The highest BCUT2D eigenvalue weighted by Gasteiger charge is 2.43. The Hall–Kier alpha value is -3.12. The summed E-state index contributed by atoms with van der Waals surface area (Å²) in [4.78, 5) is 27.4. The highest BCUT2D eigenvalue weighted by molar-refractivity contribution is 5.98. The van der Waals surface area contributed by atoms with E-state index in [2.05, 4.69) is 5.32 Å². The number of nitrogens with zero attached hydrogens (tertiary/aromatic N) is 2. The van der Waals surface area contributed by atoms with Gasteiger partial charge in [0.1, 0.15) is 5.69 Å². The summed E-state index contributed by atoms with van der Waals surface area (Å²) in [5, 5.41) is 4.13. The normalized spacial score (nSPS) is 19.8. The second-order valence-electron chi connectivity index (χ2n) is 9.36. The summed E-state index contributed by atoms with van der Waals surface area (Å²) in [5.41, 5.74) is 2.61. The van der Waals surface area contributed by atoms with Crippen LogP contribution in [0.4, 0.5) is 0 Å². The number of piperidine rings is 1. The molecule has 2 fully saturated rings. The van der Waals surface area contributed by atoms with Crippen molar-refractivity contribution in [2.75, 3.05) is 19.6 Å². The number of para-hydroxylation sites is 1. The Labute approximate surface area is 194 Å². The van der Waals surface area contributed by atoms with Crippen molar-refractivity contribution < 1.29 is 14.3 Å². The molecule has 6 heteroatoms. The van der Waals surface area contributed by atoms with Gasteiger partial charge in [0.15, 0.2) is 0 Å². The molecule has 2 aliphatic rings. The molecule has 3 aromatic rings. The lowest BCUT2D eigenvalue weighted by molar-refractivity contribution is -0.136. The molecule has 6 nitrogen and oxygen atoms in total. The van der Waals surface area contributed by atoms with Crippen LogP contribution < -0.4 is 5.32 Å². The Bertz CT molecular complexity index is 1150. The van der Waals surface area contributed by atoms with Crippen molar-refractivity contribution in [2.45, 2.75) is 43.8 Å².